The Labute approximate surface area is 150 Å². The summed E-state index contributed by atoms with van der Waals surface area (Å²) in [6.07, 6.45) is 0. The van der Waals surface area contributed by atoms with Crippen LogP contribution in [0.25, 0.3) is 0 Å². The van der Waals surface area contributed by atoms with Crippen LogP contribution in [0.2, 0.25) is 0 Å². The van der Waals surface area contributed by atoms with Crippen LogP contribution in [0.4, 0.5) is 10.1 Å². The summed E-state index contributed by atoms with van der Waals surface area (Å²) in [5.41, 5.74) is 5.10. The first kappa shape index (κ1) is 19.5. The SMILES string of the molecule is CC(C)NS(=O)(=O)c1ccc(C(=O)Nc2ccc(F)c(C(N)=O)c2)cc1. The third kappa shape index (κ3) is 4.64. The Morgan fingerprint density at radius 1 is 1.08 bits per heavy atom. The van der Waals surface area contributed by atoms with E-state index in [1.165, 1.54) is 30.3 Å². The summed E-state index contributed by atoms with van der Waals surface area (Å²) in [5, 5.41) is 2.49. The van der Waals surface area contributed by atoms with Crippen LogP contribution in [0.15, 0.2) is 47.4 Å². The highest BCUT2D eigenvalue weighted by Gasteiger charge is 2.16. The van der Waals surface area contributed by atoms with E-state index in [1.807, 2.05) is 0 Å². The standard InChI is InChI=1S/C17H18FN3O4S/c1-10(2)21-26(24,25)13-6-3-11(4-7-13)17(23)20-12-5-8-15(18)14(9-12)16(19)22/h3-10,21H,1-2H3,(H2,19,22)(H,20,23). The average Bonchev–Trinajstić information content (AvgIpc) is 2.55. The molecule has 2 amide bonds. The van der Waals surface area contributed by atoms with Gasteiger partial charge in [-0.15, -0.1) is 0 Å². The summed E-state index contributed by atoms with van der Waals surface area (Å²) >= 11 is 0. The molecule has 7 nitrogen and oxygen atoms in total. The number of hydrogen-bond donors (Lipinski definition) is 3. The van der Waals surface area contributed by atoms with Gasteiger partial charge in [-0.2, -0.15) is 0 Å². The largest absolute Gasteiger partial charge is 0.366 e. The van der Waals surface area contributed by atoms with Gasteiger partial charge in [-0.05, 0) is 56.3 Å². The first-order valence-corrected chi connectivity index (χ1v) is 9.11. The lowest BCUT2D eigenvalue weighted by Crippen LogP contribution is -2.30. The number of nitrogens with two attached hydrogens (primary N) is 1. The maximum atomic E-state index is 13.5. The lowest BCUT2D eigenvalue weighted by molar-refractivity contribution is 0.0992. The molecule has 0 spiro atoms. The van der Waals surface area contributed by atoms with Gasteiger partial charge < -0.3 is 11.1 Å². The predicted octanol–water partition coefficient (Wildman–Crippen LogP) is 1.86. The minimum atomic E-state index is -3.66. The minimum absolute atomic E-state index is 0.0283. The Hall–Kier alpha value is -2.78. The van der Waals surface area contributed by atoms with Crippen LogP contribution in [0, 0.1) is 5.82 Å². The summed E-state index contributed by atoms with van der Waals surface area (Å²) in [7, 11) is -3.66. The van der Waals surface area contributed by atoms with Crippen molar-refractivity contribution in [3.8, 4) is 0 Å². The van der Waals surface area contributed by atoms with Gasteiger partial charge in [0.1, 0.15) is 5.82 Å². The number of sulfonamides is 1. The van der Waals surface area contributed by atoms with E-state index >= 15 is 0 Å². The molecule has 0 radical (unpaired) electrons. The van der Waals surface area contributed by atoms with Crippen molar-refractivity contribution in [3.05, 3.63) is 59.4 Å². The monoisotopic (exact) mass is 379 g/mol. The van der Waals surface area contributed by atoms with E-state index in [0.717, 1.165) is 12.1 Å². The molecule has 0 atom stereocenters. The fraction of sp³-hybridized carbons (Fsp3) is 0.176. The lowest BCUT2D eigenvalue weighted by Gasteiger charge is -2.10. The Kier molecular flexibility index (Phi) is 5.73. The highest BCUT2D eigenvalue weighted by molar-refractivity contribution is 7.89. The summed E-state index contributed by atoms with van der Waals surface area (Å²) in [4.78, 5) is 23.4. The molecule has 4 N–H and O–H groups in total. The van der Waals surface area contributed by atoms with E-state index in [1.54, 1.807) is 13.8 Å². The number of anilines is 1. The fourth-order valence-electron chi connectivity index (χ4n) is 2.16. The fourth-order valence-corrected chi connectivity index (χ4v) is 3.41. The Morgan fingerprint density at radius 3 is 2.23 bits per heavy atom. The summed E-state index contributed by atoms with van der Waals surface area (Å²) in [6, 6.07) is 8.47. The molecule has 2 aromatic carbocycles. The van der Waals surface area contributed by atoms with Crippen LogP contribution in [0.5, 0.6) is 0 Å². The van der Waals surface area contributed by atoms with Crippen molar-refractivity contribution in [1.29, 1.82) is 0 Å². The molecule has 0 fully saturated rings. The molecule has 138 valence electrons. The number of rotatable bonds is 6. The van der Waals surface area contributed by atoms with Gasteiger partial charge in [0.25, 0.3) is 11.8 Å². The van der Waals surface area contributed by atoms with Crippen LogP contribution in [0.3, 0.4) is 0 Å². The average molecular weight is 379 g/mol. The van der Waals surface area contributed by atoms with Crippen molar-refractivity contribution >= 4 is 27.5 Å². The van der Waals surface area contributed by atoms with Gasteiger partial charge in [-0.3, -0.25) is 9.59 Å². The number of benzene rings is 2. The number of nitrogens with one attached hydrogen (secondary N) is 2. The third-order valence-electron chi connectivity index (χ3n) is 3.31. The molecule has 0 aliphatic heterocycles. The molecule has 0 saturated carbocycles. The topological polar surface area (TPSA) is 118 Å². The van der Waals surface area contributed by atoms with Crippen LogP contribution in [-0.2, 0) is 10.0 Å². The molecule has 2 aromatic rings. The maximum Gasteiger partial charge on any atom is 0.255 e. The molecule has 9 heteroatoms. The van der Waals surface area contributed by atoms with E-state index in [-0.39, 0.29) is 27.8 Å². The van der Waals surface area contributed by atoms with Gasteiger partial charge in [-0.1, -0.05) is 0 Å². The molecule has 0 bridgehead atoms. The van der Waals surface area contributed by atoms with Gasteiger partial charge in [-0.25, -0.2) is 17.5 Å². The molecule has 0 aliphatic carbocycles. The Balaban J connectivity index is 2.19. The van der Waals surface area contributed by atoms with Crippen molar-refractivity contribution in [1.82, 2.24) is 4.72 Å². The van der Waals surface area contributed by atoms with Crippen molar-refractivity contribution in [2.75, 3.05) is 5.32 Å². The van der Waals surface area contributed by atoms with E-state index in [0.29, 0.717) is 0 Å². The van der Waals surface area contributed by atoms with Gasteiger partial charge in [0.05, 0.1) is 10.5 Å². The van der Waals surface area contributed by atoms with Gasteiger partial charge in [0.15, 0.2) is 0 Å². The molecular weight excluding hydrogens is 361 g/mol. The normalized spacial score (nSPS) is 11.4. The number of carbonyl (C=O) groups excluding carboxylic acids is 2. The number of amides is 2. The van der Waals surface area contributed by atoms with Crippen LogP contribution < -0.4 is 15.8 Å². The highest BCUT2D eigenvalue weighted by Crippen LogP contribution is 2.17. The van der Waals surface area contributed by atoms with Crippen molar-refractivity contribution in [3.63, 3.8) is 0 Å². The Bertz CT molecular complexity index is 941. The van der Waals surface area contributed by atoms with Gasteiger partial charge in [0.2, 0.25) is 10.0 Å². The highest BCUT2D eigenvalue weighted by atomic mass is 32.2. The molecule has 0 unspecified atom stereocenters. The zero-order valence-corrected chi connectivity index (χ0v) is 14.9. The quantitative estimate of drug-likeness (QED) is 0.710. The zero-order valence-electron chi connectivity index (χ0n) is 14.1. The molecule has 26 heavy (non-hydrogen) atoms. The number of hydrogen-bond acceptors (Lipinski definition) is 4. The predicted molar refractivity (Wildman–Crippen MR) is 94.8 cm³/mol. The van der Waals surface area contributed by atoms with Crippen LogP contribution >= 0.6 is 0 Å². The number of primary amides is 1. The first-order valence-electron chi connectivity index (χ1n) is 7.63. The first-order chi connectivity index (χ1) is 12.1. The van der Waals surface area contributed by atoms with E-state index in [2.05, 4.69) is 10.0 Å². The summed E-state index contributed by atoms with van der Waals surface area (Å²) in [6.45, 7) is 3.39. The van der Waals surface area contributed by atoms with Crippen LogP contribution in [0.1, 0.15) is 34.6 Å². The van der Waals surface area contributed by atoms with Gasteiger partial charge in [0, 0.05) is 17.3 Å². The Morgan fingerprint density at radius 2 is 1.69 bits per heavy atom. The van der Waals surface area contributed by atoms with Gasteiger partial charge >= 0.3 is 0 Å². The second-order valence-electron chi connectivity index (χ2n) is 5.81. The summed E-state index contributed by atoms with van der Waals surface area (Å²) in [5.74, 6) is -2.29. The van der Waals surface area contributed by atoms with E-state index < -0.39 is 27.7 Å². The lowest BCUT2D eigenvalue weighted by atomic mass is 10.1. The third-order valence-corrected chi connectivity index (χ3v) is 4.98. The van der Waals surface area contributed by atoms with Crippen LogP contribution in [-0.4, -0.2) is 26.3 Å². The van der Waals surface area contributed by atoms with Crippen molar-refractivity contribution in [2.24, 2.45) is 5.73 Å². The molecular formula is C17H18FN3O4S. The second kappa shape index (κ2) is 7.63. The summed E-state index contributed by atoms with van der Waals surface area (Å²) < 4.78 is 40.0. The van der Waals surface area contributed by atoms with Crippen molar-refractivity contribution < 1.29 is 22.4 Å². The van der Waals surface area contributed by atoms with E-state index in [9.17, 15) is 22.4 Å². The zero-order chi connectivity index (χ0) is 19.5. The molecule has 0 aromatic heterocycles. The molecule has 0 saturated heterocycles. The molecule has 2 rings (SSSR count). The number of halogens is 1. The minimum Gasteiger partial charge on any atom is -0.366 e. The van der Waals surface area contributed by atoms with E-state index in [4.69, 9.17) is 5.73 Å². The van der Waals surface area contributed by atoms with Crippen molar-refractivity contribution in [2.45, 2.75) is 24.8 Å². The maximum absolute atomic E-state index is 13.5. The molecule has 0 aliphatic rings. The smallest absolute Gasteiger partial charge is 0.255 e. The molecule has 0 heterocycles. The second-order valence-corrected chi connectivity index (χ2v) is 7.53. The number of carbonyl (C=O) groups is 2.